The minimum atomic E-state index is -3.56. The van der Waals surface area contributed by atoms with E-state index in [2.05, 4.69) is 12.1 Å². The lowest BCUT2D eigenvalue weighted by molar-refractivity contribution is 0.596. The lowest BCUT2D eigenvalue weighted by Crippen LogP contribution is -2.01. The molecular formula is C28H18N2O2S. The van der Waals surface area contributed by atoms with Crippen molar-refractivity contribution in [2.24, 2.45) is 0 Å². The third-order valence-corrected chi connectivity index (χ3v) is 7.67. The van der Waals surface area contributed by atoms with Crippen molar-refractivity contribution in [1.29, 1.82) is 0 Å². The SMILES string of the molecule is O=S(=O)(c1ccccc1)c1ccc(-c2cc3nc4ccccc4nc3c3ccccc23)cc1. The van der Waals surface area contributed by atoms with Gasteiger partial charge in [0.1, 0.15) is 0 Å². The minimum Gasteiger partial charge on any atom is -0.244 e. The maximum Gasteiger partial charge on any atom is 0.206 e. The minimum absolute atomic E-state index is 0.272. The lowest BCUT2D eigenvalue weighted by atomic mass is 9.97. The van der Waals surface area contributed by atoms with Crippen LogP contribution in [0, 0.1) is 0 Å². The van der Waals surface area contributed by atoms with Crippen LogP contribution in [0.2, 0.25) is 0 Å². The number of rotatable bonds is 3. The van der Waals surface area contributed by atoms with Gasteiger partial charge in [0.05, 0.1) is 31.9 Å². The number of aromatic nitrogens is 2. The van der Waals surface area contributed by atoms with E-state index in [9.17, 15) is 8.42 Å². The average Bonchev–Trinajstić information content (AvgIpc) is 2.88. The van der Waals surface area contributed by atoms with Crippen LogP contribution in [0.1, 0.15) is 0 Å². The molecule has 0 saturated heterocycles. The van der Waals surface area contributed by atoms with Gasteiger partial charge in [-0.1, -0.05) is 66.7 Å². The zero-order valence-electron chi connectivity index (χ0n) is 17.5. The molecule has 0 N–H and O–H groups in total. The van der Waals surface area contributed by atoms with Crippen molar-refractivity contribution in [3.8, 4) is 11.1 Å². The molecule has 5 heteroatoms. The summed E-state index contributed by atoms with van der Waals surface area (Å²) >= 11 is 0. The Hall–Kier alpha value is -4.09. The van der Waals surface area contributed by atoms with Gasteiger partial charge >= 0.3 is 0 Å². The number of benzene rings is 5. The number of hydrogen-bond acceptors (Lipinski definition) is 4. The molecule has 0 aliphatic rings. The molecule has 0 spiro atoms. The van der Waals surface area contributed by atoms with Crippen molar-refractivity contribution < 1.29 is 8.42 Å². The van der Waals surface area contributed by atoms with Gasteiger partial charge < -0.3 is 0 Å². The number of fused-ring (bicyclic) bond motifs is 4. The van der Waals surface area contributed by atoms with Crippen molar-refractivity contribution in [2.75, 3.05) is 0 Å². The highest BCUT2D eigenvalue weighted by Crippen LogP contribution is 2.35. The summed E-state index contributed by atoms with van der Waals surface area (Å²) in [7, 11) is -3.56. The highest BCUT2D eigenvalue weighted by molar-refractivity contribution is 7.91. The van der Waals surface area contributed by atoms with Crippen LogP contribution in [-0.4, -0.2) is 18.4 Å². The molecule has 0 aliphatic heterocycles. The van der Waals surface area contributed by atoms with Gasteiger partial charge in [0.15, 0.2) is 0 Å². The quantitative estimate of drug-likeness (QED) is 0.232. The Morgan fingerprint density at radius 1 is 0.515 bits per heavy atom. The number of para-hydroxylation sites is 2. The fourth-order valence-electron chi connectivity index (χ4n) is 4.24. The highest BCUT2D eigenvalue weighted by atomic mass is 32.2. The van der Waals surface area contributed by atoms with Gasteiger partial charge in [-0.2, -0.15) is 0 Å². The van der Waals surface area contributed by atoms with Crippen molar-refractivity contribution in [2.45, 2.75) is 9.79 Å². The molecule has 0 atom stereocenters. The van der Waals surface area contributed by atoms with Crippen molar-refractivity contribution in [3.05, 3.63) is 109 Å². The molecule has 0 amide bonds. The summed E-state index contributed by atoms with van der Waals surface area (Å²) in [6.45, 7) is 0. The van der Waals surface area contributed by atoms with Crippen LogP contribution < -0.4 is 0 Å². The molecule has 6 aromatic rings. The van der Waals surface area contributed by atoms with E-state index in [-0.39, 0.29) is 9.79 Å². The topological polar surface area (TPSA) is 59.9 Å². The molecule has 0 radical (unpaired) electrons. The second kappa shape index (κ2) is 7.50. The Labute approximate surface area is 191 Å². The van der Waals surface area contributed by atoms with Crippen LogP contribution in [-0.2, 0) is 9.84 Å². The molecular weight excluding hydrogens is 428 g/mol. The Kier molecular flexibility index (Phi) is 4.45. The van der Waals surface area contributed by atoms with Gasteiger partial charge in [0.2, 0.25) is 9.84 Å². The Morgan fingerprint density at radius 2 is 1.09 bits per heavy atom. The van der Waals surface area contributed by atoms with E-state index in [1.54, 1.807) is 42.5 Å². The van der Waals surface area contributed by atoms with Gasteiger partial charge in [0.25, 0.3) is 0 Å². The summed E-state index contributed by atoms with van der Waals surface area (Å²) in [4.78, 5) is 10.3. The van der Waals surface area contributed by atoms with Crippen molar-refractivity contribution in [3.63, 3.8) is 0 Å². The van der Waals surface area contributed by atoms with Crippen LogP contribution >= 0.6 is 0 Å². The first-order valence-electron chi connectivity index (χ1n) is 10.6. The van der Waals surface area contributed by atoms with E-state index in [1.165, 1.54) is 0 Å². The molecule has 158 valence electrons. The van der Waals surface area contributed by atoms with Crippen molar-refractivity contribution >= 4 is 42.7 Å². The highest BCUT2D eigenvalue weighted by Gasteiger charge is 2.18. The third kappa shape index (κ3) is 3.25. The predicted molar refractivity (Wildman–Crippen MR) is 132 cm³/mol. The van der Waals surface area contributed by atoms with Crippen LogP contribution in [0.5, 0.6) is 0 Å². The zero-order valence-corrected chi connectivity index (χ0v) is 18.3. The molecule has 1 aromatic heterocycles. The number of nitrogens with zero attached hydrogens (tertiary/aromatic N) is 2. The molecule has 0 unspecified atom stereocenters. The molecule has 5 aromatic carbocycles. The Balaban J connectivity index is 1.54. The van der Waals surface area contributed by atoms with Crippen LogP contribution in [0.3, 0.4) is 0 Å². The van der Waals surface area contributed by atoms with Crippen LogP contribution in [0.4, 0.5) is 0 Å². The van der Waals surface area contributed by atoms with E-state index in [0.29, 0.717) is 0 Å². The van der Waals surface area contributed by atoms with Gasteiger partial charge in [-0.15, -0.1) is 0 Å². The normalized spacial score (nSPS) is 11.9. The fourth-order valence-corrected chi connectivity index (χ4v) is 5.52. The lowest BCUT2D eigenvalue weighted by Gasteiger charge is -2.12. The Morgan fingerprint density at radius 3 is 1.82 bits per heavy atom. The predicted octanol–water partition coefficient (Wildman–Crippen LogP) is 6.44. The Bertz CT molecular complexity index is 1760. The number of hydrogen-bond donors (Lipinski definition) is 0. The first-order valence-corrected chi connectivity index (χ1v) is 12.1. The maximum absolute atomic E-state index is 13.0. The first-order chi connectivity index (χ1) is 16.1. The summed E-state index contributed by atoms with van der Waals surface area (Å²) in [5.41, 5.74) is 5.29. The molecule has 0 fully saturated rings. The first kappa shape index (κ1) is 19.6. The summed E-state index contributed by atoms with van der Waals surface area (Å²) in [6, 6.07) is 33.6. The second-order valence-electron chi connectivity index (χ2n) is 7.89. The molecule has 0 bridgehead atoms. The van der Waals surface area contributed by atoms with E-state index < -0.39 is 9.84 Å². The van der Waals surface area contributed by atoms with Crippen molar-refractivity contribution in [1.82, 2.24) is 9.97 Å². The van der Waals surface area contributed by atoms with Gasteiger partial charge in [-0.05, 0) is 59.0 Å². The van der Waals surface area contributed by atoms with Gasteiger partial charge in [0, 0.05) is 5.39 Å². The molecule has 33 heavy (non-hydrogen) atoms. The second-order valence-corrected chi connectivity index (χ2v) is 9.84. The maximum atomic E-state index is 13.0. The van der Waals surface area contributed by atoms with E-state index in [1.807, 2.05) is 54.6 Å². The van der Waals surface area contributed by atoms with Gasteiger partial charge in [-0.25, -0.2) is 18.4 Å². The summed E-state index contributed by atoms with van der Waals surface area (Å²) in [6.07, 6.45) is 0. The summed E-state index contributed by atoms with van der Waals surface area (Å²) in [5.74, 6) is 0. The van der Waals surface area contributed by atoms with E-state index in [4.69, 9.17) is 9.97 Å². The van der Waals surface area contributed by atoms with Gasteiger partial charge in [-0.3, -0.25) is 0 Å². The molecule has 4 nitrogen and oxygen atoms in total. The molecule has 0 aliphatic carbocycles. The van der Waals surface area contributed by atoms with E-state index in [0.717, 1.165) is 44.0 Å². The van der Waals surface area contributed by atoms with E-state index >= 15 is 0 Å². The van der Waals surface area contributed by atoms with Crippen LogP contribution in [0.25, 0.3) is 44.0 Å². The zero-order chi connectivity index (χ0) is 22.4. The standard InChI is InChI=1S/C28H18N2O2S/c31-33(32,20-8-2-1-3-9-20)21-16-14-19(15-17-21)24-18-27-28(23-11-5-4-10-22(23)24)30-26-13-7-6-12-25(26)29-27/h1-18H. The monoisotopic (exact) mass is 446 g/mol. The molecule has 1 heterocycles. The fraction of sp³-hybridized carbons (Fsp3) is 0. The molecule has 6 rings (SSSR count). The summed E-state index contributed by atoms with van der Waals surface area (Å²) < 4.78 is 26.0. The summed E-state index contributed by atoms with van der Waals surface area (Å²) in [5, 5.41) is 2.07. The number of sulfone groups is 1. The smallest absolute Gasteiger partial charge is 0.206 e. The largest absolute Gasteiger partial charge is 0.244 e. The van der Waals surface area contributed by atoms with Crippen LogP contribution in [0.15, 0.2) is 119 Å². The molecule has 0 saturated carbocycles. The third-order valence-electron chi connectivity index (χ3n) is 5.88. The average molecular weight is 447 g/mol.